The summed E-state index contributed by atoms with van der Waals surface area (Å²) in [7, 11) is 1.62. The lowest BCUT2D eigenvalue weighted by Gasteiger charge is -2.17. The number of aromatic nitrogens is 1. The maximum absolute atomic E-state index is 11.9. The fraction of sp³-hybridized carbons (Fsp3) is 0.250. The molecular weight excluding hydrogens is 382 g/mol. The summed E-state index contributed by atoms with van der Waals surface area (Å²) in [6, 6.07) is 16.8. The van der Waals surface area contributed by atoms with Crippen LogP contribution in [0.15, 0.2) is 54.6 Å². The number of rotatable bonds is 8. The van der Waals surface area contributed by atoms with Gasteiger partial charge in [0.05, 0.1) is 31.4 Å². The van der Waals surface area contributed by atoms with E-state index in [2.05, 4.69) is 4.57 Å². The fourth-order valence-corrected chi connectivity index (χ4v) is 3.45. The van der Waals surface area contributed by atoms with Gasteiger partial charge in [-0.1, -0.05) is 0 Å². The Hall–Kier alpha value is -3.54. The summed E-state index contributed by atoms with van der Waals surface area (Å²) in [4.78, 5) is 23.2. The van der Waals surface area contributed by atoms with E-state index in [-0.39, 0.29) is 18.0 Å². The van der Waals surface area contributed by atoms with Crippen molar-refractivity contribution in [3.63, 3.8) is 0 Å². The number of esters is 1. The lowest BCUT2D eigenvalue weighted by atomic mass is 10.1. The van der Waals surface area contributed by atoms with Gasteiger partial charge < -0.3 is 19.1 Å². The normalized spacial score (nSPS) is 10.6. The fourth-order valence-electron chi connectivity index (χ4n) is 3.45. The van der Waals surface area contributed by atoms with Crippen LogP contribution < -0.4 is 4.74 Å². The Labute approximate surface area is 175 Å². The van der Waals surface area contributed by atoms with E-state index in [1.165, 1.54) is 0 Å². The number of hydrogen-bond donors (Lipinski definition) is 1. The molecule has 0 radical (unpaired) electrons. The highest BCUT2D eigenvalue weighted by atomic mass is 16.5. The van der Waals surface area contributed by atoms with E-state index in [9.17, 15) is 14.7 Å². The molecule has 0 saturated carbocycles. The van der Waals surface area contributed by atoms with Crippen LogP contribution in [0.25, 0.3) is 16.9 Å². The van der Waals surface area contributed by atoms with Gasteiger partial charge in [0.2, 0.25) is 0 Å². The molecule has 6 nitrogen and oxygen atoms in total. The summed E-state index contributed by atoms with van der Waals surface area (Å²) in [5.74, 6) is -0.439. The smallest absolute Gasteiger partial charge is 0.335 e. The second-order valence-electron chi connectivity index (χ2n) is 6.89. The van der Waals surface area contributed by atoms with Crippen molar-refractivity contribution in [2.45, 2.75) is 26.7 Å². The maximum atomic E-state index is 11.9. The summed E-state index contributed by atoms with van der Waals surface area (Å²) in [6.07, 6.45) is 0.779. The second kappa shape index (κ2) is 9.31. The molecule has 0 saturated heterocycles. The molecule has 1 heterocycles. The average molecular weight is 407 g/mol. The van der Waals surface area contributed by atoms with E-state index >= 15 is 0 Å². The van der Waals surface area contributed by atoms with E-state index in [0.717, 1.165) is 34.0 Å². The molecule has 3 aromatic rings. The Balaban J connectivity index is 2.07. The monoisotopic (exact) mass is 407 g/mol. The third-order valence-electron chi connectivity index (χ3n) is 4.92. The average Bonchev–Trinajstić information content (AvgIpc) is 3.16. The molecule has 0 spiro atoms. The SMILES string of the molecule is CCOC(=O)CCc1ccc(-c2ccc(OC)cc2)n1-c1ccc(C(=O)O)cc1C. The molecule has 6 heteroatoms. The number of carbonyl (C=O) groups excluding carboxylic acids is 1. The van der Waals surface area contributed by atoms with E-state index in [1.807, 2.05) is 43.3 Å². The number of benzene rings is 2. The van der Waals surface area contributed by atoms with Crippen molar-refractivity contribution in [3.05, 3.63) is 71.4 Å². The van der Waals surface area contributed by atoms with E-state index in [0.29, 0.717) is 13.0 Å². The number of aryl methyl sites for hydroxylation is 2. The van der Waals surface area contributed by atoms with Gasteiger partial charge in [-0.25, -0.2) is 4.79 Å². The van der Waals surface area contributed by atoms with E-state index in [1.54, 1.807) is 32.2 Å². The quantitative estimate of drug-likeness (QED) is 0.550. The van der Waals surface area contributed by atoms with Gasteiger partial charge in [0.15, 0.2) is 0 Å². The number of carbonyl (C=O) groups is 2. The van der Waals surface area contributed by atoms with Crippen molar-refractivity contribution in [3.8, 4) is 22.7 Å². The Bertz CT molecular complexity index is 1050. The number of aromatic carboxylic acids is 1. The summed E-state index contributed by atoms with van der Waals surface area (Å²) < 4.78 is 12.4. The number of carboxylic acids is 1. The van der Waals surface area contributed by atoms with Crippen LogP contribution >= 0.6 is 0 Å². The Morgan fingerprint density at radius 2 is 1.77 bits per heavy atom. The van der Waals surface area contributed by atoms with Crippen LogP contribution in [-0.4, -0.2) is 35.3 Å². The minimum Gasteiger partial charge on any atom is -0.497 e. The molecule has 0 aliphatic carbocycles. The molecule has 156 valence electrons. The van der Waals surface area contributed by atoms with Gasteiger partial charge >= 0.3 is 11.9 Å². The Kier molecular flexibility index (Phi) is 6.57. The highest BCUT2D eigenvalue weighted by Crippen LogP contribution is 2.30. The van der Waals surface area contributed by atoms with Crippen molar-refractivity contribution in [1.82, 2.24) is 4.57 Å². The van der Waals surface area contributed by atoms with Crippen molar-refractivity contribution < 1.29 is 24.2 Å². The van der Waals surface area contributed by atoms with Gasteiger partial charge in [0, 0.05) is 11.4 Å². The summed E-state index contributed by atoms with van der Waals surface area (Å²) in [5.41, 5.74) is 4.82. The molecule has 3 rings (SSSR count). The molecule has 30 heavy (non-hydrogen) atoms. The van der Waals surface area contributed by atoms with Gasteiger partial charge in [-0.15, -0.1) is 0 Å². The predicted octanol–water partition coefficient (Wildman–Crippen LogP) is 4.66. The van der Waals surface area contributed by atoms with Crippen LogP contribution in [0.5, 0.6) is 5.75 Å². The van der Waals surface area contributed by atoms with E-state index < -0.39 is 5.97 Å². The number of ether oxygens (including phenoxy) is 2. The molecule has 0 amide bonds. The van der Waals surface area contributed by atoms with E-state index in [4.69, 9.17) is 9.47 Å². The third kappa shape index (κ3) is 4.54. The molecule has 1 N–H and O–H groups in total. The molecule has 0 aliphatic rings. The van der Waals surface area contributed by atoms with Crippen molar-refractivity contribution in [1.29, 1.82) is 0 Å². The lowest BCUT2D eigenvalue weighted by molar-refractivity contribution is -0.143. The number of carboxylic acid groups (broad SMARTS) is 1. The summed E-state index contributed by atoms with van der Waals surface area (Å²) >= 11 is 0. The molecule has 0 bridgehead atoms. The zero-order valence-corrected chi connectivity index (χ0v) is 17.3. The van der Waals surface area contributed by atoms with Gasteiger partial charge in [-0.3, -0.25) is 4.79 Å². The van der Waals surface area contributed by atoms with Gasteiger partial charge in [-0.2, -0.15) is 0 Å². The number of methoxy groups -OCH3 is 1. The Morgan fingerprint density at radius 1 is 1.03 bits per heavy atom. The van der Waals surface area contributed by atoms with Gasteiger partial charge in [0.1, 0.15) is 5.75 Å². The highest BCUT2D eigenvalue weighted by Gasteiger charge is 2.16. The molecule has 0 aliphatic heterocycles. The minimum atomic E-state index is -0.963. The van der Waals surface area contributed by atoms with Crippen LogP contribution in [-0.2, 0) is 16.0 Å². The van der Waals surface area contributed by atoms with Gasteiger partial charge in [-0.05, 0) is 86.0 Å². The first kappa shape index (κ1) is 21.2. The zero-order chi connectivity index (χ0) is 21.7. The van der Waals surface area contributed by atoms with Crippen LogP contribution in [0, 0.1) is 6.92 Å². The molecule has 0 unspecified atom stereocenters. The molecule has 0 fully saturated rings. The topological polar surface area (TPSA) is 77.8 Å². The van der Waals surface area contributed by atoms with Crippen LogP contribution in [0.4, 0.5) is 0 Å². The first-order valence-electron chi connectivity index (χ1n) is 9.79. The standard InChI is InChI=1S/C24H25NO5/c1-4-30-23(26)14-9-19-8-13-22(17-5-10-20(29-3)11-6-17)25(19)21-12-7-18(24(27)28)15-16(21)2/h5-8,10-13,15H,4,9,14H2,1-3H3,(H,27,28). The summed E-state index contributed by atoms with van der Waals surface area (Å²) in [5, 5.41) is 9.29. The highest BCUT2D eigenvalue weighted by molar-refractivity contribution is 5.88. The third-order valence-corrected chi connectivity index (χ3v) is 4.92. The van der Waals surface area contributed by atoms with Crippen LogP contribution in [0.3, 0.4) is 0 Å². The van der Waals surface area contributed by atoms with Crippen LogP contribution in [0.2, 0.25) is 0 Å². The summed E-state index contributed by atoms with van der Waals surface area (Å²) in [6.45, 7) is 4.02. The maximum Gasteiger partial charge on any atom is 0.335 e. The Morgan fingerprint density at radius 3 is 2.37 bits per heavy atom. The zero-order valence-electron chi connectivity index (χ0n) is 17.3. The van der Waals surface area contributed by atoms with Crippen molar-refractivity contribution in [2.75, 3.05) is 13.7 Å². The largest absolute Gasteiger partial charge is 0.497 e. The number of nitrogens with zero attached hydrogens (tertiary/aromatic N) is 1. The molecule has 1 aromatic heterocycles. The van der Waals surface area contributed by atoms with Crippen molar-refractivity contribution >= 4 is 11.9 Å². The molecule has 2 aromatic carbocycles. The second-order valence-corrected chi connectivity index (χ2v) is 6.89. The van der Waals surface area contributed by atoms with Crippen LogP contribution in [0.1, 0.15) is 35.0 Å². The lowest BCUT2D eigenvalue weighted by Crippen LogP contribution is -2.09. The first-order valence-corrected chi connectivity index (χ1v) is 9.79. The number of hydrogen-bond acceptors (Lipinski definition) is 4. The first-order chi connectivity index (χ1) is 14.4. The minimum absolute atomic E-state index is 0.238. The molecular formula is C24H25NO5. The molecule has 0 atom stereocenters. The van der Waals surface area contributed by atoms with Crippen molar-refractivity contribution in [2.24, 2.45) is 0 Å². The predicted molar refractivity (Wildman–Crippen MR) is 114 cm³/mol. The van der Waals surface area contributed by atoms with Gasteiger partial charge in [0.25, 0.3) is 0 Å².